The van der Waals surface area contributed by atoms with Crippen LogP contribution in [0.5, 0.6) is 5.75 Å². The zero-order valence-corrected chi connectivity index (χ0v) is 12.4. The molecule has 1 rings (SSSR count). The summed E-state index contributed by atoms with van der Waals surface area (Å²) in [5.41, 5.74) is 0. The maximum Gasteiger partial charge on any atom is 0.314 e. The number of amides is 2. The lowest BCUT2D eigenvalue weighted by Crippen LogP contribution is -2.41. The van der Waals surface area contributed by atoms with Crippen LogP contribution in [0.2, 0.25) is 0 Å². The Morgan fingerprint density at radius 3 is 2.62 bits per heavy atom. The van der Waals surface area contributed by atoms with Crippen LogP contribution in [0.25, 0.3) is 0 Å². The number of ether oxygens (including phenoxy) is 1. The number of hydrogen-bond acceptors (Lipinski definition) is 3. The molecular formula is C15H23FN2O3. The lowest BCUT2D eigenvalue weighted by molar-refractivity contribution is 0.159. The van der Waals surface area contributed by atoms with E-state index in [1.165, 1.54) is 24.3 Å². The van der Waals surface area contributed by atoms with E-state index in [1.54, 1.807) is 0 Å². The minimum absolute atomic E-state index is 0.234. The van der Waals surface area contributed by atoms with Crippen molar-refractivity contribution < 1.29 is 19.0 Å². The van der Waals surface area contributed by atoms with Crippen molar-refractivity contribution in [2.75, 3.05) is 13.1 Å². The second-order valence-electron chi connectivity index (χ2n) is 4.87. The summed E-state index contributed by atoms with van der Waals surface area (Å²) < 4.78 is 18.3. The molecule has 6 heteroatoms. The molecule has 21 heavy (non-hydrogen) atoms. The number of halogens is 1. The smallest absolute Gasteiger partial charge is 0.314 e. The van der Waals surface area contributed by atoms with Gasteiger partial charge in [0.2, 0.25) is 0 Å². The summed E-state index contributed by atoms with van der Waals surface area (Å²) in [5, 5.41) is 14.7. The summed E-state index contributed by atoms with van der Waals surface area (Å²) in [4.78, 5) is 11.5. The fourth-order valence-electron chi connectivity index (χ4n) is 1.64. The van der Waals surface area contributed by atoms with Gasteiger partial charge in [0, 0.05) is 6.54 Å². The topological polar surface area (TPSA) is 70.6 Å². The molecule has 0 heterocycles. The number of aliphatic hydroxyl groups excluding tert-OH is 1. The lowest BCUT2D eigenvalue weighted by Gasteiger charge is -2.16. The second-order valence-corrected chi connectivity index (χ2v) is 4.87. The standard InChI is InChI=1S/C15H23FN2O3/c1-3-13(19)8-9-17-15(20)18-10-11(2)21-14-6-4-12(16)5-7-14/h4-7,11,13,19H,3,8-10H2,1-2H3,(H2,17,18,20). The normalized spacial score (nSPS) is 13.3. The summed E-state index contributed by atoms with van der Waals surface area (Å²) in [6, 6.07) is 5.42. The Morgan fingerprint density at radius 1 is 1.33 bits per heavy atom. The zero-order chi connectivity index (χ0) is 15.7. The number of benzene rings is 1. The van der Waals surface area contributed by atoms with Gasteiger partial charge in [0.05, 0.1) is 12.6 Å². The molecule has 1 aromatic rings. The average molecular weight is 298 g/mol. The van der Waals surface area contributed by atoms with E-state index in [0.717, 1.165) is 0 Å². The van der Waals surface area contributed by atoms with Gasteiger partial charge >= 0.3 is 6.03 Å². The van der Waals surface area contributed by atoms with Crippen LogP contribution in [0.15, 0.2) is 24.3 Å². The SMILES string of the molecule is CCC(O)CCNC(=O)NCC(C)Oc1ccc(F)cc1. The minimum atomic E-state index is -0.383. The fraction of sp³-hybridized carbons (Fsp3) is 0.533. The van der Waals surface area contributed by atoms with E-state index in [0.29, 0.717) is 31.7 Å². The van der Waals surface area contributed by atoms with E-state index in [9.17, 15) is 14.3 Å². The fourth-order valence-corrected chi connectivity index (χ4v) is 1.64. The molecule has 0 aliphatic carbocycles. The molecule has 0 radical (unpaired) electrons. The second kappa shape index (κ2) is 9.18. The van der Waals surface area contributed by atoms with Crippen LogP contribution >= 0.6 is 0 Å². The van der Waals surface area contributed by atoms with Crippen LogP contribution in [-0.2, 0) is 0 Å². The first kappa shape index (κ1) is 17.2. The van der Waals surface area contributed by atoms with E-state index in [4.69, 9.17) is 4.74 Å². The van der Waals surface area contributed by atoms with Crippen LogP contribution in [0.4, 0.5) is 9.18 Å². The van der Waals surface area contributed by atoms with Gasteiger partial charge in [-0.3, -0.25) is 0 Å². The summed E-state index contributed by atoms with van der Waals surface area (Å²) in [6.07, 6.45) is 0.589. The first-order chi connectivity index (χ1) is 10.0. The van der Waals surface area contributed by atoms with Crippen molar-refractivity contribution in [1.29, 1.82) is 0 Å². The minimum Gasteiger partial charge on any atom is -0.489 e. The maximum atomic E-state index is 12.7. The monoisotopic (exact) mass is 298 g/mol. The molecule has 0 spiro atoms. The Labute approximate surface area is 124 Å². The molecule has 0 bridgehead atoms. The highest BCUT2D eigenvalue weighted by Crippen LogP contribution is 2.12. The van der Waals surface area contributed by atoms with Crippen molar-refractivity contribution in [3.63, 3.8) is 0 Å². The molecule has 2 atom stereocenters. The molecule has 3 N–H and O–H groups in total. The van der Waals surface area contributed by atoms with E-state index in [-0.39, 0.29) is 24.1 Å². The largest absolute Gasteiger partial charge is 0.489 e. The maximum absolute atomic E-state index is 12.7. The first-order valence-electron chi connectivity index (χ1n) is 7.13. The van der Waals surface area contributed by atoms with Crippen molar-refractivity contribution in [2.24, 2.45) is 0 Å². The van der Waals surface area contributed by atoms with Crippen LogP contribution in [0, 0.1) is 5.82 Å². The van der Waals surface area contributed by atoms with Gasteiger partial charge in [0.25, 0.3) is 0 Å². The predicted octanol–water partition coefficient (Wildman–Crippen LogP) is 2.05. The molecule has 2 amide bonds. The molecular weight excluding hydrogens is 275 g/mol. The lowest BCUT2D eigenvalue weighted by atomic mass is 10.2. The van der Waals surface area contributed by atoms with Crippen molar-refractivity contribution in [3.05, 3.63) is 30.1 Å². The number of urea groups is 1. The van der Waals surface area contributed by atoms with Gasteiger partial charge in [-0.1, -0.05) is 6.92 Å². The first-order valence-corrected chi connectivity index (χ1v) is 7.13. The third-order valence-corrected chi connectivity index (χ3v) is 2.94. The van der Waals surface area contributed by atoms with Gasteiger partial charge in [-0.25, -0.2) is 9.18 Å². The third-order valence-electron chi connectivity index (χ3n) is 2.94. The van der Waals surface area contributed by atoms with Crippen molar-refractivity contribution in [3.8, 4) is 5.75 Å². The highest BCUT2D eigenvalue weighted by Gasteiger charge is 2.07. The summed E-state index contributed by atoms with van der Waals surface area (Å²) >= 11 is 0. The average Bonchev–Trinajstić information content (AvgIpc) is 2.47. The van der Waals surface area contributed by atoms with Gasteiger partial charge in [0.15, 0.2) is 0 Å². The third kappa shape index (κ3) is 7.51. The highest BCUT2D eigenvalue weighted by molar-refractivity contribution is 5.73. The van der Waals surface area contributed by atoms with Crippen molar-refractivity contribution >= 4 is 6.03 Å². The van der Waals surface area contributed by atoms with Crippen LogP contribution < -0.4 is 15.4 Å². The Morgan fingerprint density at radius 2 is 2.00 bits per heavy atom. The number of nitrogens with one attached hydrogen (secondary N) is 2. The quantitative estimate of drug-likeness (QED) is 0.688. The number of rotatable bonds is 8. The summed E-state index contributed by atoms with van der Waals surface area (Å²) in [7, 11) is 0. The Balaban J connectivity index is 2.18. The molecule has 0 saturated heterocycles. The van der Waals surface area contributed by atoms with Gasteiger partial charge in [-0.2, -0.15) is 0 Å². The molecule has 1 aromatic carbocycles. The van der Waals surface area contributed by atoms with Gasteiger partial charge < -0.3 is 20.5 Å². The molecule has 0 saturated carbocycles. The van der Waals surface area contributed by atoms with Crippen LogP contribution in [0.3, 0.4) is 0 Å². The molecule has 5 nitrogen and oxygen atoms in total. The molecule has 0 aliphatic heterocycles. The Hall–Kier alpha value is -1.82. The van der Waals surface area contributed by atoms with Crippen LogP contribution in [0.1, 0.15) is 26.7 Å². The number of carbonyl (C=O) groups excluding carboxylic acids is 1. The summed E-state index contributed by atoms with van der Waals surface area (Å²) in [6.45, 7) is 4.46. The van der Waals surface area contributed by atoms with E-state index >= 15 is 0 Å². The van der Waals surface area contributed by atoms with E-state index < -0.39 is 0 Å². The number of aliphatic hydroxyl groups is 1. The molecule has 0 aromatic heterocycles. The molecule has 2 unspecified atom stereocenters. The molecule has 0 aliphatic rings. The van der Waals surface area contributed by atoms with Gasteiger partial charge in [-0.15, -0.1) is 0 Å². The predicted molar refractivity (Wildman–Crippen MR) is 78.8 cm³/mol. The number of hydrogen-bond donors (Lipinski definition) is 3. The van der Waals surface area contributed by atoms with Crippen molar-refractivity contribution in [1.82, 2.24) is 10.6 Å². The molecule has 0 fully saturated rings. The van der Waals surface area contributed by atoms with Crippen molar-refractivity contribution in [2.45, 2.75) is 38.9 Å². The van der Waals surface area contributed by atoms with Gasteiger partial charge in [-0.05, 0) is 44.0 Å². The zero-order valence-electron chi connectivity index (χ0n) is 12.4. The molecule has 118 valence electrons. The summed E-state index contributed by atoms with van der Waals surface area (Å²) in [5.74, 6) is 0.235. The van der Waals surface area contributed by atoms with Gasteiger partial charge in [0.1, 0.15) is 17.7 Å². The highest BCUT2D eigenvalue weighted by atomic mass is 19.1. The Kier molecular flexibility index (Phi) is 7.53. The number of carbonyl (C=O) groups is 1. The Bertz CT molecular complexity index is 425. The van der Waals surface area contributed by atoms with E-state index in [1.807, 2.05) is 13.8 Å². The van der Waals surface area contributed by atoms with Crippen LogP contribution in [-0.4, -0.2) is 36.4 Å². The van der Waals surface area contributed by atoms with E-state index in [2.05, 4.69) is 10.6 Å².